The van der Waals surface area contributed by atoms with Gasteiger partial charge in [0.1, 0.15) is 0 Å². The Morgan fingerprint density at radius 2 is 1.73 bits per heavy atom. The molecule has 0 radical (unpaired) electrons. The maximum Gasteiger partial charge on any atom is 1.00 e. The molecule has 15 heavy (non-hydrogen) atoms. The molecule has 0 aromatic heterocycles. The third kappa shape index (κ3) is 20.1. The fourth-order valence-corrected chi connectivity index (χ4v) is 0.997. The molecule has 0 saturated heterocycles. The second-order valence-corrected chi connectivity index (χ2v) is 3.08. The van der Waals surface area contributed by atoms with Gasteiger partial charge >= 0.3 is 2.85 Å². The Balaban J connectivity index is -0.000000120. The fraction of sp³-hybridized carbons (Fsp3) is 0.889. The van der Waals surface area contributed by atoms with Gasteiger partial charge in [-0.25, -0.2) is 0 Å². The van der Waals surface area contributed by atoms with Gasteiger partial charge in [0, 0.05) is 13.5 Å². The van der Waals surface area contributed by atoms with Gasteiger partial charge < -0.3 is 41.2 Å². The molecule has 0 aliphatic heterocycles. The van der Waals surface area contributed by atoms with Crippen LogP contribution in [0.5, 0.6) is 0 Å². The van der Waals surface area contributed by atoms with Gasteiger partial charge in [0.05, 0.1) is 0 Å². The summed E-state index contributed by atoms with van der Waals surface area (Å²) in [7, 11) is 0. The number of hydrogen-bond donors (Lipinski definition) is 3. The van der Waals surface area contributed by atoms with Gasteiger partial charge in [0.2, 0.25) is 5.91 Å². The number of nitrogens with one attached hydrogen (secondary N) is 2. The molecule has 0 aliphatic carbocycles. The van der Waals surface area contributed by atoms with E-state index in [-0.39, 0.29) is 33.6 Å². The monoisotopic (exact) mass is 259 g/mol. The van der Waals surface area contributed by atoms with E-state index in [4.69, 9.17) is 5.73 Å². The van der Waals surface area contributed by atoms with Crippen molar-refractivity contribution in [2.75, 3.05) is 26.2 Å². The Hall–Kier alpha value is -0.0300. The number of carbonyl (C=O) groups is 1. The first-order valence-corrected chi connectivity index (χ1v) is 4.92. The number of rotatable bonds is 8. The minimum Gasteiger partial charge on any atom is -1.00 e. The lowest BCUT2D eigenvalue weighted by Gasteiger charge is -2.04. The van der Waals surface area contributed by atoms with Crippen LogP contribution in [0.3, 0.4) is 0 Å². The second kappa shape index (κ2) is 16.4. The Morgan fingerprint density at radius 3 is 2.27 bits per heavy atom. The van der Waals surface area contributed by atoms with Crippen molar-refractivity contribution in [1.82, 2.24) is 10.6 Å². The van der Waals surface area contributed by atoms with Crippen LogP contribution in [-0.4, -0.2) is 32.1 Å². The van der Waals surface area contributed by atoms with Gasteiger partial charge in [-0.3, -0.25) is 4.79 Å². The Kier molecular flexibility index (Phi) is 22.3. The SMILES string of the molecule is CC(=O)NCCCNCCCCN.[Cl-].[Cl-].[H+].[H+]. The van der Waals surface area contributed by atoms with Crippen LogP contribution in [0.25, 0.3) is 0 Å². The minimum absolute atomic E-state index is 0. The highest BCUT2D eigenvalue weighted by Gasteiger charge is 1.90. The summed E-state index contributed by atoms with van der Waals surface area (Å²) in [5.74, 6) is 0.0446. The number of amides is 1. The maximum absolute atomic E-state index is 10.5. The standard InChI is InChI=1S/C9H21N3O.2ClH/c1-9(13)12-8-4-7-11-6-3-2-5-10;;/h11H,2-8,10H2,1H3,(H,12,13);2*1H. The van der Waals surface area contributed by atoms with Gasteiger partial charge in [-0.2, -0.15) is 0 Å². The third-order valence-electron chi connectivity index (χ3n) is 1.71. The van der Waals surface area contributed by atoms with Crippen molar-refractivity contribution in [3.05, 3.63) is 0 Å². The average Bonchev–Trinajstić information content (AvgIpc) is 2.09. The average molecular weight is 260 g/mol. The van der Waals surface area contributed by atoms with Crippen LogP contribution in [0.1, 0.15) is 29.0 Å². The van der Waals surface area contributed by atoms with Gasteiger partial charge in [-0.15, -0.1) is 0 Å². The first-order valence-electron chi connectivity index (χ1n) is 4.92. The number of hydrogen-bond acceptors (Lipinski definition) is 3. The third-order valence-corrected chi connectivity index (χ3v) is 1.71. The van der Waals surface area contributed by atoms with E-state index < -0.39 is 0 Å². The zero-order chi connectivity index (χ0) is 9.94. The van der Waals surface area contributed by atoms with E-state index in [1.807, 2.05) is 0 Å². The molecule has 4 N–H and O–H groups in total. The lowest BCUT2D eigenvalue weighted by atomic mass is 10.3. The summed E-state index contributed by atoms with van der Waals surface area (Å²) in [5, 5.41) is 6.04. The molecule has 0 rings (SSSR count). The lowest BCUT2D eigenvalue weighted by molar-refractivity contribution is -0.118. The van der Waals surface area contributed by atoms with Crippen molar-refractivity contribution < 1.29 is 32.5 Å². The molecule has 0 heterocycles. The van der Waals surface area contributed by atoms with Crippen molar-refractivity contribution >= 4 is 5.91 Å². The summed E-state index contributed by atoms with van der Waals surface area (Å²) in [5.41, 5.74) is 5.35. The highest BCUT2D eigenvalue weighted by atomic mass is 35.5. The lowest BCUT2D eigenvalue weighted by Crippen LogP contribution is -3.00. The van der Waals surface area contributed by atoms with E-state index in [1.165, 1.54) is 6.92 Å². The van der Waals surface area contributed by atoms with E-state index in [0.29, 0.717) is 0 Å². The summed E-state index contributed by atoms with van der Waals surface area (Å²) < 4.78 is 0. The predicted molar refractivity (Wildman–Crippen MR) is 56.7 cm³/mol. The molecule has 0 unspecified atom stereocenters. The van der Waals surface area contributed by atoms with E-state index in [1.54, 1.807) is 0 Å². The van der Waals surface area contributed by atoms with E-state index in [9.17, 15) is 4.79 Å². The molecule has 4 nitrogen and oxygen atoms in total. The summed E-state index contributed by atoms with van der Waals surface area (Å²) in [6.07, 6.45) is 3.21. The molecule has 0 aliphatic rings. The molecule has 0 aromatic rings. The van der Waals surface area contributed by atoms with Gasteiger partial charge in [0.25, 0.3) is 0 Å². The summed E-state index contributed by atoms with van der Waals surface area (Å²) in [4.78, 5) is 10.5. The summed E-state index contributed by atoms with van der Waals surface area (Å²) in [6, 6.07) is 0. The van der Waals surface area contributed by atoms with Crippen molar-refractivity contribution in [3.8, 4) is 0 Å². The minimum atomic E-state index is 0. The highest BCUT2D eigenvalue weighted by Crippen LogP contribution is 1.82. The summed E-state index contributed by atoms with van der Waals surface area (Å²) >= 11 is 0. The predicted octanol–water partition coefficient (Wildman–Crippen LogP) is -5.93. The molecule has 0 aromatic carbocycles. The van der Waals surface area contributed by atoms with Crippen LogP contribution in [0.4, 0.5) is 0 Å². The van der Waals surface area contributed by atoms with E-state index >= 15 is 0 Å². The zero-order valence-corrected chi connectivity index (χ0v) is 10.7. The highest BCUT2D eigenvalue weighted by molar-refractivity contribution is 5.72. The van der Waals surface area contributed by atoms with E-state index in [0.717, 1.165) is 45.4 Å². The second-order valence-electron chi connectivity index (χ2n) is 3.08. The molecule has 0 atom stereocenters. The Morgan fingerprint density at radius 1 is 1.13 bits per heavy atom. The molecular formula is C9H23Cl2N3O. The molecule has 0 bridgehead atoms. The Bertz CT molecular complexity index is 145. The molecule has 0 saturated carbocycles. The van der Waals surface area contributed by atoms with Crippen LogP contribution in [-0.2, 0) is 4.79 Å². The van der Waals surface area contributed by atoms with Crippen molar-refractivity contribution in [3.63, 3.8) is 0 Å². The first-order chi connectivity index (χ1) is 6.27. The normalized spacial score (nSPS) is 8.67. The molecule has 0 fully saturated rings. The van der Waals surface area contributed by atoms with Gasteiger partial charge in [0.15, 0.2) is 0 Å². The van der Waals surface area contributed by atoms with Crippen LogP contribution in [0, 0.1) is 0 Å². The van der Waals surface area contributed by atoms with Gasteiger partial charge in [-0.1, -0.05) is 0 Å². The fourth-order valence-electron chi connectivity index (χ4n) is 0.997. The molecule has 1 amide bonds. The quantitative estimate of drug-likeness (QED) is 0.381. The van der Waals surface area contributed by atoms with Crippen LogP contribution in [0.15, 0.2) is 0 Å². The van der Waals surface area contributed by atoms with Gasteiger partial charge in [-0.05, 0) is 38.9 Å². The molecule has 6 heteroatoms. The number of nitrogens with two attached hydrogens (primary N) is 1. The molecule has 94 valence electrons. The molecule has 0 spiro atoms. The van der Waals surface area contributed by atoms with Crippen LogP contribution < -0.4 is 41.2 Å². The van der Waals surface area contributed by atoms with E-state index in [2.05, 4.69) is 10.6 Å². The topological polar surface area (TPSA) is 67.2 Å². The van der Waals surface area contributed by atoms with Crippen molar-refractivity contribution in [2.45, 2.75) is 26.2 Å². The number of unbranched alkanes of at least 4 members (excludes halogenated alkanes) is 1. The van der Waals surface area contributed by atoms with Crippen LogP contribution in [0.2, 0.25) is 0 Å². The number of halogens is 2. The Labute approximate surface area is 108 Å². The largest absolute Gasteiger partial charge is 1.00 e. The smallest absolute Gasteiger partial charge is 1.00 e. The summed E-state index contributed by atoms with van der Waals surface area (Å²) in [6.45, 7) is 5.06. The van der Waals surface area contributed by atoms with Crippen LogP contribution >= 0.6 is 0 Å². The zero-order valence-electron chi connectivity index (χ0n) is 11.2. The first kappa shape index (κ1) is 20.4. The number of carbonyl (C=O) groups excluding carboxylic acids is 1. The maximum atomic E-state index is 10.5. The van der Waals surface area contributed by atoms with Crippen molar-refractivity contribution in [1.29, 1.82) is 0 Å². The molecular weight excluding hydrogens is 237 g/mol. The van der Waals surface area contributed by atoms with Crippen molar-refractivity contribution in [2.24, 2.45) is 5.73 Å².